The number of phenols is 2. The highest BCUT2D eigenvalue weighted by atomic mass is 16.3. The summed E-state index contributed by atoms with van der Waals surface area (Å²) in [7, 11) is 0. The van der Waals surface area contributed by atoms with E-state index in [0.29, 0.717) is 36.7 Å². The Morgan fingerprint density at radius 2 is 1.03 bits per heavy atom. The molecule has 1 aliphatic rings. The highest BCUT2D eigenvalue weighted by Gasteiger charge is 2.26. The van der Waals surface area contributed by atoms with Crippen LogP contribution < -0.4 is 10.6 Å². The van der Waals surface area contributed by atoms with E-state index in [4.69, 9.17) is 0 Å². The minimum Gasteiger partial charge on any atom is -0.507 e. The summed E-state index contributed by atoms with van der Waals surface area (Å²) in [5.74, 6) is 0.806. The Morgan fingerprint density at radius 1 is 0.676 bits per heavy atom. The molecular formula is C30H46N2O2. The van der Waals surface area contributed by atoms with E-state index in [9.17, 15) is 10.2 Å². The van der Waals surface area contributed by atoms with Gasteiger partial charge in [0.15, 0.2) is 0 Å². The molecule has 0 radical (unpaired) electrons. The Kier molecular flexibility index (Phi) is 8.04. The van der Waals surface area contributed by atoms with Crippen LogP contribution in [0.3, 0.4) is 0 Å². The van der Waals surface area contributed by atoms with Gasteiger partial charge in [0.05, 0.1) is 0 Å². The van der Waals surface area contributed by atoms with Gasteiger partial charge in [0.25, 0.3) is 0 Å². The van der Waals surface area contributed by atoms with Gasteiger partial charge in [-0.25, -0.2) is 0 Å². The van der Waals surface area contributed by atoms with E-state index < -0.39 is 0 Å². The molecular weight excluding hydrogens is 420 g/mol. The summed E-state index contributed by atoms with van der Waals surface area (Å²) in [4.78, 5) is 0. The fourth-order valence-electron chi connectivity index (χ4n) is 4.94. The third-order valence-corrected chi connectivity index (χ3v) is 7.37. The van der Waals surface area contributed by atoms with E-state index in [-0.39, 0.29) is 10.8 Å². The molecule has 4 heteroatoms. The smallest absolute Gasteiger partial charge is 0.122 e. The molecule has 4 N–H and O–H groups in total. The van der Waals surface area contributed by atoms with Gasteiger partial charge in [-0.1, -0.05) is 78.6 Å². The first kappa shape index (κ1) is 26.6. The van der Waals surface area contributed by atoms with Crippen molar-refractivity contribution in [2.75, 3.05) is 0 Å². The lowest BCUT2D eigenvalue weighted by molar-refractivity contribution is 0.279. The van der Waals surface area contributed by atoms with Crippen molar-refractivity contribution < 1.29 is 10.2 Å². The van der Waals surface area contributed by atoms with E-state index in [2.05, 4.69) is 76.4 Å². The van der Waals surface area contributed by atoms with Crippen molar-refractivity contribution in [1.82, 2.24) is 10.6 Å². The van der Waals surface area contributed by atoms with Crippen molar-refractivity contribution in [2.45, 2.75) is 117 Å². The second-order valence-corrected chi connectivity index (χ2v) is 12.4. The van der Waals surface area contributed by atoms with Crippen molar-refractivity contribution in [3.63, 3.8) is 0 Å². The topological polar surface area (TPSA) is 64.5 Å². The van der Waals surface area contributed by atoms with Crippen molar-refractivity contribution in [3.8, 4) is 11.5 Å². The van der Waals surface area contributed by atoms with E-state index in [1.807, 2.05) is 13.8 Å². The number of hydrogen-bond acceptors (Lipinski definition) is 4. The van der Waals surface area contributed by atoms with Gasteiger partial charge in [0, 0.05) is 36.3 Å². The summed E-state index contributed by atoms with van der Waals surface area (Å²) in [5, 5.41) is 28.9. The molecule has 2 atom stereocenters. The van der Waals surface area contributed by atoms with Gasteiger partial charge in [-0.05, 0) is 59.8 Å². The van der Waals surface area contributed by atoms with Gasteiger partial charge in [-0.2, -0.15) is 0 Å². The molecule has 0 bridgehead atoms. The third-order valence-electron chi connectivity index (χ3n) is 7.37. The lowest BCUT2D eigenvalue weighted by Crippen LogP contribution is -2.49. The molecule has 0 aliphatic heterocycles. The summed E-state index contributed by atoms with van der Waals surface area (Å²) in [6, 6.07) is 9.17. The fraction of sp³-hybridized carbons (Fsp3) is 0.600. The Balaban J connectivity index is 1.72. The average molecular weight is 467 g/mol. The first-order valence-electron chi connectivity index (χ1n) is 12.9. The van der Waals surface area contributed by atoms with Gasteiger partial charge in [0.1, 0.15) is 11.5 Å². The quantitative estimate of drug-likeness (QED) is 0.392. The Labute approximate surface area is 207 Å². The van der Waals surface area contributed by atoms with Crippen molar-refractivity contribution in [3.05, 3.63) is 57.6 Å². The maximum atomic E-state index is 10.7. The van der Waals surface area contributed by atoms with Gasteiger partial charge in [0.2, 0.25) is 0 Å². The molecule has 0 saturated heterocycles. The number of hydrogen-bond donors (Lipinski definition) is 4. The molecule has 2 aromatic carbocycles. The Bertz CT molecular complexity index is 917. The lowest BCUT2D eigenvalue weighted by atomic mass is 9.84. The molecule has 2 unspecified atom stereocenters. The molecule has 0 amide bonds. The maximum absolute atomic E-state index is 10.7. The largest absolute Gasteiger partial charge is 0.507 e. The second-order valence-electron chi connectivity index (χ2n) is 12.4. The molecule has 1 fully saturated rings. The zero-order valence-electron chi connectivity index (χ0n) is 22.6. The van der Waals surface area contributed by atoms with E-state index in [1.165, 1.54) is 24.0 Å². The monoisotopic (exact) mass is 466 g/mol. The van der Waals surface area contributed by atoms with Crippen LogP contribution in [0.5, 0.6) is 11.5 Å². The van der Waals surface area contributed by atoms with Gasteiger partial charge < -0.3 is 20.8 Å². The predicted molar refractivity (Wildman–Crippen MR) is 143 cm³/mol. The van der Waals surface area contributed by atoms with Gasteiger partial charge >= 0.3 is 0 Å². The zero-order chi connectivity index (χ0) is 25.3. The van der Waals surface area contributed by atoms with Gasteiger partial charge in [-0.15, -0.1) is 0 Å². The highest BCUT2D eigenvalue weighted by molar-refractivity contribution is 5.46. The molecule has 188 valence electrons. The van der Waals surface area contributed by atoms with Crippen LogP contribution >= 0.6 is 0 Å². The molecule has 34 heavy (non-hydrogen) atoms. The fourth-order valence-corrected chi connectivity index (χ4v) is 4.94. The summed E-state index contributed by atoms with van der Waals surface area (Å²) in [5.41, 5.74) is 6.42. The summed E-state index contributed by atoms with van der Waals surface area (Å²) >= 11 is 0. The molecule has 0 aromatic heterocycles. The van der Waals surface area contributed by atoms with Crippen LogP contribution in [0.4, 0.5) is 0 Å². The molecule has 1 saturated carbocycles. The number of nitrogens with one attached hydrogen (secondary N) is 2. The summed E-state index contributed by atoms with van der Waals surface area (Å²) in [6.45, 7) is 18.6. The van der Waals surface area contributed by atoms with Crippen LogP contribution in [0.25, 0.3) is 0 Å². The maximum Gasteiger partial charge on any atom is 0.122 e. The predicted octanol–water partition coefficient (Wildman–Crippen LogP) is 6.50. The van der Waals surface area contributed by atoms with Crippen LogP contribution in [-0.4, -0.2) is 22.3 Å². The van der Waals surface area contributed by atoms with Crippen LogP contribution in [0.1, 0.15) is 101 Å². The van der Waals surface area contributed by atoms with E-state index in [1.54, 1.807) is 0 Å². The average Bonchev–Trinajstić information content (AvgIpc) is 2.74. The number of rotatable bonds is 6. The standard InChI is InChI=1S/C30H46N2O2/c1-19-13-23(29(3,4)5)15-21(27(19)33)17-31-25-11-9-10-12-26(25)32-18-22-16-24(30(6,7)8)14-20(2)28(22)34/h13-16,25-26,31-34H,9-12,17-18H2,1-8H3. The molecule has 3 rings (SSSR count). The minimum atomic E-state index is 0.0455. The number of phenolic OH excluding ortho intramolecular Hbond substituents is 2. The summed E-state index contributed by atoms with van der Waals surface area (Å²) < 4.78 is 0. The van der Waals surface area contributed by atoms with Crippen LogP contribution in [-0.2, 0) is 23.9 Å². The van der Waals surface area contributed by atoms with Crippen molar-refractivity contribution >= 4 is 0 Å². The number of aromatic hydroxyl groups is 2. The zero-order valence-corrected chi connectivity index (χ0v) is 22.6. The first-order chi connectivity index (χ1) is 15.8. The van der Waals surface area contributed by atoms with Crippen LogP contribution in [0, 0.1) is 13.8 Å². The molecule has 0 heterocycles. The van der Waals surface area contributed by atoms with E-state index >= 15 is 0 Å². The Hall–Kier alpha value is -2.04. The molecule has 1 aliphatic carbocycles. The molecule has 0 spiro atoms. The van der Waals surface area contributed by atoms with Crippen LogP contribution in [0.2, 0.25) is 0 Å². The van der Waals surface area contributed by atoms with Crippen molar-refractivity contribution in [2.24, 2.45) is 0 Å². The minimum absolute atomic E-state index is 0.0455. The van der Waals surface area contributed by atoms with Crippen LogP contribution in [0.15, 0.2) is 24.3 Å². The van der Waals surface area contributed by atoms with Crippen molar-refractivity contribution in [1.29, 1.82) is 0 Å². The highest BCUT2D eigenvalue weighted by Crippen LogP contribution is 2.32. The van der Waals surface area contributed by atoms with Gasteiger partial charge in [-0.3, -0.25) is 0 Å². The lowest BCUT2D eigenvalue weighted by Gasteiger charge is -2.34. The SMILES string of the molecule is Cc1cc(C(C)(C)C)cc(CNC2CCCCC2NCc2cc(C(C)(C)C)cc(C)c2O)c1O. The first-order valence-corrected chi connectivity index (χ1v) is 12.9. The molecule has 2 aromatic rings. The second kappa shape index (κ2) is 10.3. The summed E-state index contributed by atoms with van der Waals surface area (Å²) in [6.07, 6.45) is 4.66. The molecule has 4 nitrogen and oxygen atoms in total. The number of benzene rings is 2. The van der Waals surface area contributed by atoms with E-state index in [0.717, 1.165) is 35.1 Å². The third kappa shape index (κ3) is 6.34. The number of aryl methyl sites for hydroxylation is 2. The Morgan fingerprint density at radius 3 is 1.35 bits per heavy atom. The normalized spacial score (nSPS) is 19.4.